The van der Waals surface area contributed by atoms with Gasteiger partial charge in [-0.3, -0.25) is 0 Å². The highest BCUT2D eigenvalue weighted by molar-refractivity contribution is 5.37. The molecule has 1 rings (SSSR count). The van der Waals surface area contributed by atoms with E-state index in [4.69, 9.17) is 4.74 Å². The lowest BCUT2D eigenvalue weighted by Crippen LogP contribution is -2.19. The first-order valence-electron chi connectivity index (χ1n) is 7.76. The van der Waals surface area contributed by atoms with E-state index < -0.39 is 0 Å². The molecule has 1 aromatic rings. The number of hydrogen-bond donors (Lipinski definition) is 1. The van der Waals surface area contributed by atoms with Crippen LogP contribution in [-0.2, 0) is 13.1 Å². The molecule has 3 heteroatoms. The predicted octanol–water partition coefficient (Wildman–Crippen LogP) is 3.43. The van der Waals surface area contributed by atoms with Crippen molar-refractivity contribution in [1.82, 2.24) is 10.2 Å². The fraction of sp³-hybridized carbons (Fsp3) is 0.647. The fourth-order valence-corrected chi connectivity index (χ4v) is 2.25. The molecule has 0 unspecified atom stereocenters. The Labute approximate surface area is 124 Å². The molecule has 0 aromatic heterocycles. The third kappa shape index (κ3) is 5.93. The highest BCUT2D eigenvalue weighted by atomic mass is 16.5. The van der Waals surface area contributed by atoms with Crippen LogP contribution in [0.3, 0.4) is 0 Å². The Bertz CT molecular complexity index is 379. The Morgan fingerprint density at radius 1 is 1.20 bits per heavy atom. The van der Waals surface area contributed by atoms with Gasteiger partial charge in [-0.25, -0.2) is 0 Å². The van der Waals surface area contributed by atoms with Crippen LogP contribution in [0.4, 0.5) is 0 Å². The molecule has 0 fully saturated rings. The van der Waals surface area contributed by atoms with E-state index in [0.29, 0.717) is 0 Å². The number of ether oxygens (including phenoxy) is 1. The fourth-order valence-electron chi connectivity index (χ4n) is 2.25. The molecule has 0 radical (unpaired) electrons. The van der Waals surface area contributed by atoms with Gasteiger partial charge in [-0.05, 0) is 44.6 Å². The van der Waals surface area contributed by atoms with Crippen LogP contribution in [0.2, 0.25) is 0 Å². The van der Waals surface area contributed by atoms with Crippen LogP contribution in [0.5, 0.6) is 5.75 Å². The quantitative estimate of drug-likeness (QED) is 0.664. The van der Waals surface area contributed by atoms with Crippen molar-refractivity contribution in [3.63, 3.8) is 0 Å². The molecular formula is C17H30N2O. The molecule has 0 aliphatic rings. The maximum absolute atomic E-state index is 5.52. The van der Waals surface area contributed by atoms with Crippen LogP contribution in [0.1, 0.15) is 44.2 Å². The first-order valence-corrected chi connectivity index (χ1v) is 7.76. The molecule has 20 heavy (non-hydrogen) atoms. The normalized spacial score (nSPS) is 11.1. The highest BCUT2D eigenvalue weighted by Crippen LogP contribution is 2.21. The van der Waals surface area contributed by atoms with Crippen molar-refractivity contribution in [3.8, 4) is 5.75 Å². The molecule has 0 amide bonds. The lowest BCUT2D eigenvalue weighted by molar-refractivity contribution is 0.320. The molecule has 0 bridgehead atoms. The predicted molar refractivity (Wildman–Crippen MR) is 86.2 cm³/mol. The van der Waals surface area contributed by atoms with Crippen LogP contribution < -0.4 is 10.1 Å². The Morgan fingerprint density at radius 3 is 2.65 bits per heavy atom. The molecule has 1 aromatic carbocycles. The zero-order valence-electron chi connectivity index (χ0n) is 13.5. The second kappa shape index (κ2) is 9.78. The Kier molecular flexibility index (Phi) is 8.31. The van der Waals surface area contributed by atoms with E-state index in [2.05, 4.69) is 49.3 Å². The van der Waals surface area contributed by atoms with Crippen molar-refractivity contribution in [3.05, 3.63) is 29.3 Å². The zero-order chi connectivity index (χ0) is 14.8. The molecule has 0 atom stereocenters. The summed E-state index contributed by atoms with van der Waals surface area (Å²) in [4.78, 5) is 2.37. The molecular weight excluding hydrogens is 248 g/mol. The van der Waals surface area contributed by atoms with Gasteiger partial charge in [0.1, 0.15) is 5.75 Å². The summed E-state index contributed by atoms with van der Waals surface area (Å²) < 4.78 is 5.52. The summed E-state index contributed by atoms with van der Waals surface area (Å²) >= 11 is 0. The number of nitrogens with one attached hydrogen (secondary N) is 1. The first kappa shape index (κ1) is 17.0. The van der Waals surface area contributed by atoms with Crippen molar-refractivity contribution in [2.45, 2.75) is 46.2 Å². The lowest BCUT2D eigenvalue weighted by atomic mass is 10.1. The minimum Gasteiger partial charge on any atom is -0.496 e. The number of nitrogens with zero attached hydrogens (tertiary/aromatic N) is 1. The molecule has 114 valence electrons. The zero-order valence-corrected chi connectivity index (χ0v) is 13.5. The van der Waals surface area contributed by atoms with E-state index in [0.717, 1.165) is 38.3 Å². The Balaban J connectivity index is 2.61. The smallest absolute Gasteiger partial charge is 0.123 e. The van der Waals surface area contributed by atoms with Gasteiger partial charge in [-0.1, -0.05) is 32.4 Å². The van der Waals surface area contributed by atoms with Crippen LogP contribution in [0.15, 0.2) is 18.2 Å². The minimum absolute atomic E-state index is 0.878. The Morgan fingerprint density at radius 2 is 2.00 bits per heavy atom. The third-order valence-electron chi connectivity index (χ3n) is 3.44. The van der Waals surface area contributed by atoms with E-state index in [1.165, 1.54) is 24.0 Å². The van der Waals surface area contributed by atoms with Gasteiger partial charge in [0, 0.05) is 18.7 Å². The van der Waals surface area contributed by atoms with Crippen molar-refractivity contribution >= 4 is 0 Å². The molecule has 3 nitrogen and oxygen atoms in total. The largest absolute Gasteiger partial charge is 0.496 e. The van der Waals surface area contributed by atoms with Gasteiger partial charge in [0.2, 0.25) is 0 Å². The van der Waals surface area contributed by atoms with Crippen LogP contribution in [0.25, 0.3) is 0 Å². The summed E-state index contributed by atoms with van der Waals surface area (Å²) in [6, 6.07) is 6.57. The highest BCUT2D eigenvalue weighted by Gasteiger charge is 2.06. The van der Waals surface area contributed by atoms with Gasteiger partial charge in [0.05, 0.1) is 7.11 Å². The van der Waals surface area contributed by atoms with E-state index in [-0.39, 0.29) is 0 Å². The molecule has 0 heterocycles. The van der Waals surface area contributed by atoms with Gasteiger partial charge < -0.3 is 15.0 Å². The standard InChI is InChI=1S/C17H30N2O/c1-5-7-11-19(3)14-15-8-9-16(13-18-10-6-2)17(12-15)20-4/h8-9,12,18H,5-7,10-11,13-14H2,1-4H3. The van der Waals surface area contributed by atoms with E-state index >= 15 is 0 Å². The van der Waals surface area contributed by atoms with Crippen molar-refractivity contribution < 1.29 is 4.74 Å². The van der Waals surface area contributed by atoms with Gasteiger partial charge >= 0.3 is 0 Å². The SMILES string of the molecule is CCCCN(C)Cc1ccc(CNCCC)c(OC)c1. The molecule has 0 aliphatic carbocycles. The van der Waals surface area contributed by atoms with E-state index in [9.17, 15) is 0 Å². The van der Waals surface area contributed by atoms with E-state index in [1.807, 2.05) is 0 Å². The molecule has 1 N–H and O–H groups in total. The minimum atomic E-state index is 0.878. The summed E-state index contributed by atoms with van der Waals surface area (Å²) in [6.07, 6.45) is 3.66. The maximum Gasteiger partial charge on any atom is 0.123 e. The monoisotopic (exact) mass is 278 g/mol. The van der Waals surface area contributed by atoms with Crippen molar-refractivity contribution in [1.29, 1.82) is 0 Å². The van der Waals surface area contributed by atoms with Crippen molar-refractivity contribution in [2.24, 2.45) is 0 Å². The van der Waals surface area contributed by atoms with Crippen LogP contribution in [0, 0.1) is 0 Å². The van der Waals surface area contributed by atoms with Crippen LogP contribution >= 0.6 is 0 Å². The second-order valence-corrected chi connectivity index (χ2v) is 5.41. The molecule has 0 saturated carbocycles. The lowest BCUT2D eigenvalue weighted by Gasteiger charge is -2.17. The van der Waals surface area contributed by atoms with Gasteiger partial charge in [0.25, 0.3) is 0 Å². The van der Waals surface area contributed by atoms with Crippen LogP contribution in [-0.4, -0.2) is 32.1 Å². The summed E-state index contributed by atoms with van der Waals surface area (Å²) in [6.45, 7) is 8.47. The number of hydrogen-bond acceptors (Lipinski definition) is 3. The third-order valence-corrected chi connectivity index (χ3v) is 3.44. The average Bonchev–Trinajstić information content (AvgIpc) is 2.46. The van der Waals surface area contributed by atoms with Gasteiger partial charge in [-0.2, -0.15) is 0 Å². The molecule has 0 saturated heterocycles. The topological polar surface area (TPSA) is 24.5 Å². The first-order chi connectivity index (χ1) is 9.71. The Hall–Kier alpha value is -1.06. The van der Waals surface area contributed by atoms with Gasteiger partial charge in [0.15, 0.2) is 0 Å². The van der Waals surface area contributed by atoms with Gasteiger partial charge in [-0.15, -0.1) is 0 Å². The molecule has 0 spiro atoms. The number of unbranched alkanes of at least 4 members (excludes halogenated alkanes) is 1. The maximum atomic E-state index is 5.52. The molecule has 0 aliphatic heterocycles. The number of benzene rings is 1. The number of rotatable bonds is 10. The summed E-state index contributed by atoms with van der Waals surface area (Å²) in [7, 11) is 3.93. The average molecular weight is 278 g/mol. The number of methoxy groups -OCH3 is 1. The summed E-state index contributed by atoms with van der Waals surface area (Å²) in [5, 5.41) is 3.42. The summed E-state index contributed by atoms with van der Waals surface area (Å²) in [5.74, 6) is 0.995. The van der Waals surface area contributed by atoms with Crippen molar-refractivity contribution in [2.75, 3.05) is 27.2 Å². The second-order valence-electron chi connectivity index (χ2n) is 5.41. The van der Waals surface area contributed by atoms with E-state index in [1.54, 1.807) is 7.11 Å². The summed E-state index contributed by atoms with van der Waals surface area (Å²) in [5.41, 5.74) is 2.56.